The van der Waals surface area contributed by atoms with Crippen LogP contribution in [0.25, 0.3) is 16.7 Å². The van der Waals surface area contributed by atoms with E-state index in [4.69, 9.17) is 5.73 Å². The second kappa shape index (κ2) is 8.74. The van der Waals surface area contributed by atoms with Crippen LogP contribution in [0.3, 0.4) is 0 Å². The quantitative estimate of drug-likeness (QED) is 0.480. The van der Waals surface area contributed by atoms with Gasteiger partial charge in [-0.15, -0.1) is 0 Å². The van der Waals surface area contributed by atoms with Gasteiger partial charge in [-0.1, -0.05) is 42.5 Å². The topological polar surface area (TPSA) is 104 Å². The molecule has 5 rings (SSSR count). The van der Waals surface area contributed by atoms with Crippen LogP contribution in [0.1, 0.15) is 28.0 Å². The lowest BCUT2D eigenvalue weighted by Crippen LogP contribution is -2.29. The van der Waals surface area contributed by atoms with Gasteiger partial charge in [-0.05, 0) is 30.0 Å². The molecule has 0 aliphatic heterocycles. The lowest BCUT2D eigenvalue weighted by atomic mass is 9.99. The van der Waals surface area contributed by atoms with Gasteiger partial charge in [0.25, 0.3) is 5.91 Å². The Morgan fingerprint density at radius 1 is 1.21 bits per heavy atom. The normalized spacial score (nSPS) is 15.5. The number of nitrogen functional groups attached to an aromatic ring is 1. The molecule has 4 aromatic rings. The molecule has 0 bridgehead atoms. The second-order valence-electron chi connectivity index (χ2n) is 8.17. The second-order valence-corrected chi connectivity index (χ2v) is 8.17. The SMILES string of the molecule is Cn1ncc(C(=O)NCC2C=CC(n3ccc4c(N)ncnc43)=CC2)c1Cc1ccccc1. The predicted molar refractivity (Wildman–Crippen MR) is 128 cm³/mol. The maximum Gasteiger partial charge on any atom is 0.254 e. The van der Waals surface area contributed by atoms with Crippen molar-refractivity contribution >= 4 is 28.5 Å². The number of nitrogens with two attached hydrogens (primary N) is 1. The number of fused-ring (bicyclic) bond motifs is 1. The van der Waals surface area contributed by atoms with E-state index in [2.05, 4.69) is 50.7 Å². The molecular weight excluding hydrogens is 414 g/mol. The Morgan fingerprint density at radius 3 is 2.85 bits per heavy atom. The van der Waals surface area contributed by atoms with Crippen molar-refractivity contribution in [3.05, 3.63) is 90.2 Å². The highest BCUT2D eigenvalue weighted by Crippen LogP contribution is 2.25. The monoisotopic (exact) mass is 439 g/mol. The molecule has 0 spiro atoms. The molecule has 1 unspecified atom stereocenters. The van der Waals surface area contributed by atoms with Crippen LogP contribution in [0.15, 0.2) is 73.3 Å². The maximum absolute atomic E-state index is 12.9. The van der Waals surface area contributed by atoms with Crippen LogP contribution in [0, 0.1) is 5.92 Å². The average molecular weight is 440 g/mol. The van der Waals surface area contributed by atoms with Gasteiger partial charge in [0, 0.05) is 31.9 Å². The lowest BCUT2D eigenvalue weighted by molar-refractivity contribution is 0.0949. The number of allylic oxidation sites excluding steroid dienone is 3. The largest absolute Gasteiger partial charge is 0.383 e. The molecule has 1 aromatic carbocycles. The van der Waals surface area contributed by atoms with Gasteiger partial charge in [0.05, 0.1) is 22.8 Å². The van der Waals surface area contributed by atoms with Crippen molar-refractivity contribution in [1.82, 2.24) is 29.6 Å². The van der Waals surface area contributed by atoms with E-state index in [-0.39, 0.29) is 11.8 Å². The van der Waals surface area contributed by atoms with Crippen molar-refractivity contribution in [2.45, 2.75) is 12.8 Å². The van der Waals surface area contributed by atoms with E-state index in [0.717, 1.165) is 34.4 Å². The molecule has 1 atom stereocenters. The number of carbonyl (C=O) groups excluding carboxylic acids is 1. The van der Waals surface area contributed by atoms with E-state index >= 15 is 0 Å². The number of nitrogens with one attached hydrogen (secondary N) is 1. The van der Waals surface area contributed by atoms with E-state index in [0.29, 0.717) is 24.3 Å². The highest BCUT2D eigenvalue weighted by molar-refractivity contribution is 5.95. The number of nitrogens with zero attached hydrogens (tertiary/aromatic N) is 5. The fourth-order valence-corrected chi connectivity index (χ4v) is 4.13. The van der Waals surface area contributed by atoms with Crippen molar-refractivity contribution in [3.63, 3.8) is 0 Å². The minimum Gasteiger partial charge on any atom is -0.383 e. The van der Waals surface area contributed by atoms with Gasteiger partial charge in [-0.25, -0.2) is 9.97 Å². The molecule has 0 saturated heterocycles. The highest BCUT2D eigenvalue weighted by Gasteiger charge is 2.18. The highest BCUT2D eigenvalue weighted by atomic mass is 16.1. The van der Waals surface area contributed by atoms with Crippen molar-refractivity contribution in [3.8, 4) is 0 Å². The molecule has 0 radical (unpaired) electrons. The summed E-state index contributed by atoms with van der Waals surface area (Å²) >= 11 is 0. The first-order valence-electron chi connectivity index (χ1n) is 10.9. The third-order valence-corrected chi connectivity index (χ3v) is 6.00. The molecule has 8 nitrogen and oxygen atoms in total. The summed E-state index contributed by atoms with van der Waals surface area (Å²) in [7, 11) is 1.87. The van der Waals surface area contributed by atoms with E-state index in [1.54, 1.807) is 10.9 Å². The number of aryl methyl sites for hydroxylation is 1. The molecule has 8 heteroatoms. The molecular formula is C25H25N7O. The Bertz CT molecular complexity index is 1360. The first-order valence-corrected chi connectivity index (χ1v) is 10.9. The molecule has 3 N–H and O–H groups in total. The van der Waals surface area contributed by atoms with E-state index in [1.807, 2.05) is 42.1 Å². The summed E-state index contributed by atoms with van der Waals surface area (Å²) < 4.78 is 3.78. The smallest absolute Gasteiger partial charge is 0.254 e. The third-order valence-electron chi connectivity index (χ3n) is 6.00. The lowest BCUT2D eigenvalue weighted by Gasteiger charge is -2.18. The zero-order chi connectivity index (χ0) is 22.8. The summed E-state index contributed by atoms with van der Waals surface area (Å²) in [5.41, 5.74) is 10.4. The Labute approximate surface area is 191 Å². The Kier molecular flexibility index (Phi) is 5.48. The first-order chi connectivity index (χ1) is 16.1. The van der Waals surface area contributed by atoms with Crippen molar-refractivity contribution < 1.29 is 4.79 Å². The van der Waals surface area contributed by atoms with Crippen LogP contribution < -0.4 is 11.1 Å². The number of hydrogen-bond acceptors (Lipinski definition) is 5. The molecule has 33 heavy (non-hydrogen) atoms. The number of hydrogen-bond donors (Lipinski definition) is 2. The zero-order valence-corrected chi connectivity index (χ0v) is 18.3. The van der Waals surface area contributed by atoms with Gasteiger partial charge in [0.15, 0.2) is 0 Å². The van der Waals surface area contributed by atoms with Gasteiger partial charge >= 0.3 is 0 Å². The van der Waals surface area contributed by atoms with E-state index in [9.17, 15) is 4.79 Å². The predicted octanol–water partition coefficient (Wildman–Crippen LogP) is 3.18. The van der Waals surface area contributed by atoms with Crippen molar-refractivity contribution in [1.29, 1.82) is 0 Å². The van der Waals surface area contributed by atoms with Crippen LogP contribution >= 0.6 is 0 Å². The molecule has 3 heterocycles. The zero-order valence-electron chi connectivity index (χ0n) is 18.3. The summed E-state index contributed by atoms with van der Waals surface area (Å²) in [5.74, 6) is 0.594. The number of amides is 1. The Morgan fingerprint density at radius 2 is 2.06 bits per heavy atom. The Hall–Kier alpha value is -4.20. The number of benzene rings is 1. The molecule has 166 valence electrons. The summed E-state index contributed by atoms with van der Waals surface area (Å²) in [6, 6.07) is 12.0. The maximum atomic E-state index is 12.9. The molecule has 0 fully saturated rings. The van der Waals surface area contributed by atoms with Crippen LogP contribution in [0.5, 0.6) is 0 Å². The van der Waals surface area contributed by atoms with Gasteiger partial charge in [0.2, 0.25) is 0 Å². The van der Waals surface area contributed by atoms with Crippen molar-refractivity contribution in [2.24, 2.45) is 13.0 Å². The van der Waals surface area contributed by atoms with Crippen LogP contribution in [-0.2, 0) is 13.5 Å². The fraction of sp³-hybridized carbons (Fsp3) is 0.200. The summed E-state index contributed by atoms with van der Waals surface area (Å²) in [4.78, 5) is 21.3. The standard InChI is InChI=1S/C25H25N7O/c1-31-22(13-17-5-3-2-4-6-17)21(15-30-31)25(33)27-14-18-7-9-19(10-8-18)32-12-11-20-23(26)28-16-29-24(20)32/h2-7,9-12,15-16,18H,8,13-14H2,1H3,(H,27,33)(H2,26,28,29). The molecule has 3 aromatic heterocycles. The van der Waals surface area contributed by atoms with Gasteiger partial charge < -0.3 is 15.6 Å². The average Bonchev–Trinajstić information content (AvgIpc) is 3.43. The summed E-state index contributed by atoms with van der Waals surface area (Å²) in [6.45, 7) is 0.556. The molecule has 1 aliphatic rings. The number of rotatable bonds is 6. The third kappa shape index (κ3) is 4.15. The van der Waals surface area contributed by atoms with Gasteiger partial charge in [-0.2, -0.15) is 5.10 Å². The minimum absolute atomic E-state index is 0.0965. The molecule has 1 aliphatic carbocycles. The molecule has 0 saturated carbocycles. The van der Waals surface area contributed by atoms with Crippen LogP contribution in [-0.4, -0.2) is 36.8 Å². The van der Waals surface area contributed by atoms with Gasteiger partial charge in [-0.3, -0.25) is 9.48 Å². The fourth-order valence-electron chi connectivity index (χ4n) is 4.13. The van der Waals surface area contributed by atoms with E-state index < -0.39 is 0 Å². The van der Waals surface area contributed by atoms with Crippen molar-refractivity contribution in [2.75, 3.05) is 12.3 Å². The van der Waals surface area contributed by atoms with E-state index in [1.165, 1.54) is 6.33 Å². The van der Waals surface area contributed by atoms with Crippen LogP contribution in [0.4, 0.5) is 5.82 Å². The number of aromatic nitrogens is 5. The first kappa shape index (κ1) is 20.7. The number of carbonyl (C=O) groups is 1. The number of anilines is 1. The molecule has 1 amide bonds. The summed E-state index contributed by atoms with van der Waals surface area (Å²) in [5, 5.41) is 8.22. The van der Waals surface area contributed by atoms with Gasteiger partial charge in [0.1, 0.15) is 17.8 Å². The summed E-state index contributed by atoms with van der Waals surface area (Å²) in [6.07, 6.45) is 12.9. The minimum atomic E-state index is -0.0965. The van der Waals surface area contributed by atoms with Crippen LogP contribution in [0.2, 0.25) is 0 Å². The Balaban J connectivity index is 1.23.